The van der Waals surface area contributed by atoms with Gasteiger partial charge in [-0.3, -0.25) is 4.79 Å². The molecular formula is C21H27N3O. The molecule has 0 saturated carbocycles. The van der Waals surface area contributed by atoms with Crippen LogP contribution in [0.1, 0.15) is 34.3 Å². The molecule has 0 aliphatic carbocycles. The number of likely N-dealkylation sites (tertiary alicyclic amines) is 1. The van der Waals surface area contributed by atoms with Crippen molar-refractivity contribution in [3.05, 3.63) is 71.3 Å². The van der Waals surface area contributed by atoms with E-state index in [1.807, 2.05) is 18.2 Å². The van der Waals surface area contributed by atoms with Crippen molar-refractivity contribution in [3.8, 4) is 0 Å². The van der Waals surface area contributed by atoms with Crippen molar-refractivity contribution in [2.24, 2.45) is 5.73 Å². The van der Waals surface area contributed by atoms with Gasteiger partial charge in [0.05, 0.1) is 0 Å². The van der Waals surface area contributed by atoms with Crippen molar-refractivity contribution in [2.45, 2.75) is 31.8 Å². The van der Waals surface area contributed by atoms with E-state index in [2.05, 4.69) is 40.5 Å². The number of hydrogen-bond donors (Lipinski definition) is 2. The molecule has 0 radical (unpaired) electrons. The minimum absolute atomic E-state index is 0.367. The topological polar surface area (TPSA) is 58.4 Å². The van der Waals surface area contributed by atoms with Crippen molar-refractivity contribution in [3.63, 3.8) is 0 Å². The van der Waals surface area contributed by atoms with Gasteiger partial charge < -0.3 is 16.0 Å². The van der Waals surface area contributed by atoms with Crippen molar-refractivity contribution in [1.29, 1.82) is 0 Å². The number of rotatable bonds is 7. The summed E-state index contributed by atoms with van der Waals surface area (Å²) in [6.45, 7) is 4.21. The van der Waals surface area contributed by atoms with E-state index >= 15 is 0 Å². The molecule has 3 rings (SSSR count). The number of nitrogens with two attached hydrogens (primary N) is 1. The van der Waals surface area contributed by atoms with Gasteiger partial charge in [-0.05, 0) is 55.6 Å². The highest BCUT2D eigenvalue weighted by Crippen LogP contribution is 2.13. The Morgan fingerprint density at radius 3 is 2.48 bits per heavy atom. The summed E-state index contributed by atoms with van der Waals surface area (Å²) in [5.41, 5.74) is 8.45. The van der Waals surface area contributed by atoms with Crippen LogP contribution in [0.15, 0.2) is 54.6 Å². The third-order valence-electron chi connectivity index (χ3n) is 4.95. The minimum atomic E-state index is -0.367. The second-order valence-electron chi connectivity index (χ2n) is 6.80. The minimum Gasteiger partial charge on any atom is -0.366 e. The number of benzene rings is 2. The summed E-state index contributed by atoms with van der Waals surface area (Å²) < 4.78 is 0. The number of hydrogen-bond acceptors (Lipinski definition) is 3. The van der Waals surface area contributed by atoms with Crippen LogP contribution in [-0.2, 0) is 13.0 Å². The van der Waals surface area contributed by atoms with E-state index in [1.165, 1.54) is 18.4 Å². The van der Waals surface area contributed by atoms with E-state index in [4.69, 9.17) is 5.73 Å². The molecule has 1 aliphatic heterocycles. The molecular weight excluding hydrogens is 310 g/mol. The molecule has 25 heavy (non-hydrogen) atoms. The number of piperidine rings is 1. The van der Waals surface area contributed by atoms with Crippen LogP contribution < -0.4 is 11.1 Å². The van der Waals surface area contributed by atoms with Crippen LogP contribution >= 0.6 is 0 Å². The predicted octanol–water partition coefficient (Wildman–Crippen LogP) is 2.58. The van der Waals surface area contributed by atoms with Crippen LogP contribution in [0, 0.1) is 0 Å². The van der Waals surface area contributed by atoms with Gasteiger partial charge in [0, 0.05) is 24.7 Å². The van der Waals surface area contributed by atoms with Gasteiger partial charge in [0.2, 0.25) is 5.91 Å². The average Bonchev–Trinajstić information content (AvgIpc) is 2.66. The molecule has 1 heterocycles. The number of carbonyl (C=O) groups excluding carboxylic acids is 1. The first-order valence-electron chi connectivity index (χ1n) is 9.09. The molecule has 4 heteroatoms. The third kappa shape index (κ3) is 5.41. The molecule has 0 unspecified atom stereocenters. The normalized spacial score (nSPS) is 16.0. The number of nitrogens with one attached hydrogen (secondary N) is 1. The number of carbonyl (C=O) groups is 1. The smallest absolute Gasteiger partial charge is 0.248 e. The van der Waals surface area contributed by atoms with Crippen LogP contribution in [0.25, 0.3) is 0 Å². The molecule has 0 bridgehead atoms. The molecule has 2 aromatic rings. The van der Waals surface area contributed by atoms with Gasteiger partial charge >= 0.3 is 0 Å². The Morgan fingerprint density at radius 2 is 1.76 bits per heavy atom. The zero-order valence-electron chi connectivity index (χ0n) is 14.7. The fraction of sp³-hybridized carbons (Fsp3) is 0.381. The molecule has 1 aliphatic rings. The second-order valence-corrected chi connectivity index (χ2v) is 6.80. The highest BCUT2D eigenvalue weighted by Gasteiger charge is 2.18. The molecule has 132 valence electrons. The predicted molar refractivity (Wildman–Crippen MR) is 101 cm³/mol. The van der Waals surface area contributed by atoms with Gasteiger partial charge in [0.1, 0.15) is 0 Å². The SMILES string of the molecule is NC(=O)c1cccc(CNC2CCN(CCc3ccccc3)CC2)c1. The summed E-state index contributed by atoms with van der Waals surface area (Å²) in [4.78, 5) is 13.8. The van der Waals surface area contributed by atoms with Crippen LogP contribution in [-0.4, -0.2) is 36.5 Å². The first-order chi connectivity index (χ1) is 12.2. The molecule has 3 N–H and O–H groups in total. The fourth-order valence-electron chi connectivity index (χ4n) is 3.39. The van der Waals surface area contributed by atoms with Gasteiger partial charge in [-0.2, -0.15) is 0 Å². The van der Waals surface area contributed by atoms with E-state index in [0.29, 0.717) is 11.6 Å². The van der Waals surface area contributed by atoms with E-state index in [9.17, 15) is 4.79 Å². The highest BCUT2D eigenvalue weighted by molar-refractivity contribution is 5.92. The fourth-order valence-corrected chi connectivity index (χ4v) is 3.39. The summed E-state index contributed by atoms with van der Waals surface area (Å²) in [5.74, 6) is -0.367. The molecule has 1 amide bonds. The lowest BCUT2D eigenvalue weighted by atomic mass is 10.0. The Hall–Kier alpha value is -2.17. The van der Waals surface area contributed by atoms with E-state index in [1.54, 1.807) is 6.07 Å². The zero-order chi connectivity index (χ0) is 17.5. The number of nitrogens with zero attached hydrogens (tertiary/aromatic N) is 1. The Labute approximate surface area is 150 Å². The quantitative estimate of drug-likeness (QED) is 0.816. The zero-order valence-corrected chi connectivity index (χ0v) is 14.7. The molecule has 1 saturated heterocycles. The standard InChI is InChI=1S/C21H27N3O/c22-21(25)19-8-4-7-18(15-19)16-23-20-10-13-24(14-11-20)12-9-17-5-2-1-3-6-17/h1-8,15,20,23H,9-14,16H2,(H2,22,25). The Morgan fingerprint density at radius 1 is 1.04 bits per heavy atom. The van der Waals surface area contributed by atoms with Crippen LogP contribution in [0.5, 0.6) is 0 Å². The number of amides is 1. The maximum atomic E-state index is 11.3. The van der Waals surface area contributed by atoms with E-state index < -0.39 is 0 Å². The second kappa shape index (κ2) is 8.79. The lowest BCUT2D eigenvalue weighted by Gasteiger charge is -2.32. The summed E-state index contributed by atoms with van der Waals surface area (Å²) in [6.07, 6.45) is 3.47. The largest absolute Gasteiger partial charge is 0.366 e. The Kier molecular flexibility index (Phi) is 6.20. The summed E-state index contributed by atoms with van der Waals surface area (Å²) >= 11 is 0. The first kappa shape index (κ1) is 17.6. The average molecular weight is 337 g/mol. The van der Waals surface area contributed by atoms with Gasteiger partial charge in [-0.15, -0.1) is 0 Å². The van der Waals surface area contributed by atoms with Crippen molar-refractivity contribution in [2.75, 3.05) is 19.6 Å². The molecule has 0 spiro atoms. The van der Waals surface area contributed by atoms with E-state index in [0.717, 1.165) is 38.2 Å². The maximum absolute atomic E-state index is 11.3. The van der Waals surface area contributed by atoms with E-state index in [-0.39, 0.29) is 5.91 Å². The summed E-state index contributed by atoms with van der Waals surface area (Å²) in [6, 6.07) is 18.8. The van der Waals surface area contributed by atoms with Gasteiger partial charge in [-0.1, -0.05) is 42.5 Å². The molecule has 0 aromatic heterocycles. The summed E-state index contributed by atoms with van der Waals surface area (Å²) in [5, 5.41) is 3.62. The van der Waals surface area contributed by atoms with Crippen LogP contribution in [0.4, 0.5) is 0 Å². The highest BCUT2D eigenvalue weighted by atomic mass is 16.1. The third-order valence-corrected chi connectivity index (χ3v) is 4.95. The molecule has 1 fully saturated rings. The first-order valence-corrected chi connectivity index (χ1v) is 9.09. The molecule has 2 aromatic carbocycles. The van der Waals surface area contributed by atoms with Crippen LogP contribution in [0.3, 0.4) is 0 Å². The lowest BCUT2D eigenvalue weighted by Crippen LogP contribution is -2.42. The van der Waals surface area contributed by atoms with Crippen molar-refractivity contribution in [1.82, 2.24) is 10.2 Å². The van der Waals surface area contributed by atoms with Gasteiger partial charge in [-0.25, -0.2) is 0 Å². The summed E-state index contributed by atoms with van der Waals surface area (Å²) in [7, 11) is 0. The molecule has 0 atom stereocenters. The van der Waals surface area contributed by atoms with Crippen molar-refractivity contribution >= 4 is 5.91 Å². The van der Waals surface area contributed by atoms with Crippen LogP contribution in [0.2, 0.25) is 0 Å². The number of primary amides is 1. The van der Waals surface area contributed by atoms with Gasteiger partial charge in [0.25, 0.3) is 0 Å². The maximum Gasteiger partial charge on any atom is 0.248 e. The Bertz CT molecular complexity index is 679. The van der Waals surface area contributed by atoms with Gasteiger partial charge in [0.15, 0.2) is 0 Å². The Balaban J connectivity index is 1.39. The molecule has 4 nitrogen and oxygen atoms in total. The van der Waals surface area contributed by atoms with Crippen molar-refractivity contribution < 1.29 is 4.79 Å². The monoisotopic (exact) mass is 337 g/mol. The lowest BCUT2D eigenvalue weighted by molar-refractivity contribution is 0.1000.